The van der Waals surface area contributed by atoms with Crippen LogP contribution in [0.4, 0.5) is 5.69 Å². The average molecular weight is 339 g/mol. The summed E-state index contributed by atoms with van der Waals surface area (Å²) in [6.45, 7) is 3.86. The van der Waals surface area contributed by atoms with Gasteiger partial charge < -0.3 is 15.2 Å². The SMILES string of the molecule is COc1ccc(N[C@@H](/C=C/c2ccccc2)[C@H](C(=O)O)C(C)C)cc1. The minimum absolute atomic E-state index is 0.00586. The fourth-order valence-corrected chi connectivity index (χ4v) is 2.77. The number of benzene rings is 2. The van der Waals surface area contributed by atoms with Gasteiger partial charge in [0.25, 0.3) is 0 Å². The summed E-state index contributed by atoms with van der Waals surface area (Å²) >= 11 is 0. The smallest absolute Gasteiger partial charge is 0.309 e. The molecule has 0 aliphatic carbocycles. The van der Waals surface area contributed by atoms with Crippen LogP contribution in [-0.4, -0.2) is 24.2 Å². The largest absolute Gasteiger partial charge is 0.497 e. The lowest BCUT2D eigenvalue weighted by Crippen LogP contribution is -2.36. The highest BCUT2D eigenvalue weighted by Gasteiger charge is 2.29. The number of hydrogen-bond donors (Lipinski definition) is 2. The van der Waals surface area contributed by atoms with Gasteiger partial charge in [-0.1, -0.05) is 56.3 Å². The zero-order valence-electron chi connectivity index (χ0n) is 14.8. The van der Waals surface area contributed by atoms with Crippen molar-refractivity contribution in [3.63, 3.8) is 0 Å². The molecule has 4 heteroatoms. The Balaban J connectivity index is 2.26. The van der Waals surface area contributed by atoms with Crippen molar-refractivity contribution in [1.82, 2.24) is 0 Å². The van der Waals surface area contributed by atoms with Crippen molar-refractivity contribution in [2.24, 2.45) is 11.8 Å². The quantitative estimate of drug-likeness (QED) is 0.741. The molecule has 25 heavy (non-hydrogen) atoms. The molecule has 4 nitrogen and oxygen atoms in total. The number of nitrogens with one attached hydrogen (secondary N) is 1. The molecule has 0 aromatic heterocycles. The highest BCUT2D eigenvalue weighted by atomic mass is 16.5. The van der Waals surface area contributed by atoms with Gasteiger partial charge in [0.1, 0.15) is 5.75 Å². The van der Waals surface area contributed by atoms with Crippen LogP contribution in [0.25, 0.3) is 6.08 Å². The molecule has 0 heterocycles. The van der Waals surface area contributed by atoms with Crippen LogP contribution in [0.15, 0.2) is 60.7 Å². The van der Waals surface area contributed by atoms with Gasteiger partial charge in [-0.2, -0.15) is 0 Å². The molecular formula is C21H25NO3. The van der Waals surface area contributed by atoms with Gasteiger partial charge in [0.05, 0.1) is 19.1 Å². The lowest BCUT2D eigenvalue weighted by Gasteiger charge is -2.26. The normalized spacial score (nSPS) is 13.6. The maximum Gasteiger partial charge on any atom is 0.309 e. The highest BCUT2D eigenvalue weighted by Crippen LogP contribution is 2.23. The Morgan fingerprint density at radius 2 is 1.72 bits per heavy atom. The summed E-state index contributed by atoms with van der Waals surface area (Å²) < 4.78 is 5.17. The van der Waals surface area contributed by atoms with E-state index in [0.29, 0.717) is 0 Å². The number of rotatable bonds is 8. The molecule has 0 radical (unpaired) electrons. The molecule has 2 N–H and O–H groups in total. The van der Waals surface area contributed by atoms with Gasteiger partial charge in [-0.15, -0.1) is 0 Å². The third kappa shape index (κ3) is 5.38. The predicted molar refractivity (Wildman–Crippen MR) is 102 cm³/mol. The number of carboxylic acids is 1. The molecule has 0 spiro atoms. The summed E-state index contributed by atoms with van der Waals surface area (Å²) in [5, 5.41) is 13.0. The van der Waals surface area contributed by atoms with E-state index in [-0.39, 0.29) is 12.0 Å². The van der Waals surface area contributed by atoms with Gasteiger partial charge in [0, 0.05) is 5.69 Å². The Hall–Kier alpha value is -2.75. The fraction of sp³-hybridized carbons (Fsp3) is 0.286. The summed E-state index contributed by atoms with van der Waals surface area (Å²) in [7, 11) is 1.62. The molecular weight excluding hydrogens is 314 g/mol. The lowest BCUT2D eigenvalue weighted by atomic mass is 9.87. The third-order valence-electron chi connectivity index (χ3n) is 4.11. The van der Waals surface area contributed by atoms with Crippen LogP contribution in [0.1, 0.15) is 19.4 Å². The monoisotopic (exact) mass is 339 g/mol. The van der Waals surface area contributed by atoms with Crippen molar-refractivity contribution in [3.8, 4) is 5.75 Å². The van der Waals surface area contributed by atoms with E-state index in [0.717, 1.165) is 17.0 Å². The number of hydrogen-bond acceptors (Lipinski definition) is 3. The molecule has 0 aliphatic rings. The zero-order valence-corrected chi connectivity index (χ0v) is 14.8. The maximum absolute atomic E-state index is 11.8. The molecule has 0 amide bonds. The predicted octanol–water partition coefficient (Wildman–Crippen LogP) is 4.55. The Labute approximate surface area is 149 Å². The van der Waals surface area contributed by atoms with Crippen LogP contribution in [0, 0.1) is 11.8 Å². The van der Waals surface area contributed by atoms with Gasteiger partial charge in [-0.3, -0.25) is 4.79 Å². The van der Waals surface area contributed by atoms with Crippen LogP contribution in [0.5, 0.6) is 5.75 Å². The van der Waals surface area contributed by atoms with Crippen molar-refractivity contribution < 1.29 is 14.6 Å². The molecule has 0 aliphatic heterocycles. The highest BCUT2D eigenvalue weighted by molar-refractivity contribution is 5.73. The van der Waals surface area contributed by atoms with Crippen molar-refractivity contribution in [3.05, 3.63) is 66.2 Å². The Bertz CT molecular complexity index is 693. The van der Waals surface area contributed by atoms with Crippen molar-refractivity contribution >= 4 is 17.7 Å². The second-order valence-corrected chi connectivity index (χ2v) is 6.28. The second-order valence-electron chi connectivity index (χ2n) is 6.28. The first-order chi connectivity index (χ1) is 12.0. The van der Waals surface area contributed by atoms with E-state index in [9.17, 15) is 9.90 Å². The van der Waals surface area contributed by atoms with Crippen LogP contribution < -0.4 is 10.1 Å². The van der Waals surface area contributed by atoms with Gasteiger partial charge in [-0.25, -0.2) is 0 Å². The first-order valence-corrected chi connectivity index (χ1v) is 8.38. The van der Waals surface area contributed by atoms with Crippen LogP contribution in [0.3, 0.4) is 0 Å². The molecule has 0 fully saturated rings. The molecule has 2 aromatic carbocycles. The van der Waals surface area contributed by atoms with Gasteiger partial charge in [-0.05, 0) is 35.7 Å². The number of ether oxygens (including phenoxy) is 1. The van der Waals surface area contributed by atoms with Crippen LogP contribution >= 0.6 is 0 Å². The maximum atomic E-state index is 11.8. The minimum Gasteiger partial charge on any atom is -0.497 e. The molecule has 2 rings (SSSR count). The first kappa shape index (κ1) is 18.6. The fourth-order valence-electron chi connectivity index (χ4n) is 2.77. The Morgan fingerprint density at radius 3 is 2.24 bits per heavy atom. The number of carbonyl (C=O) groups is 1. The molecule has 0 saturated heterocycles. The Kier molecular flexibility index (Phi) is 6.63. The lowest BCUT2D eigenvalue weighted by molar-refractivity contribution is -0.143. The van der Waals surface area contributed by atoms with Gasteiger partial charge >= 0.3 is 5.97 Å². The summed E-state index contributed by atoms with van der Waals surface area (Å²) in [6.07, 6.45) is 3.89. The third-order valence-corrected chi connectivity index (χ3v) is 4.11. The van der Waals surface area contributed by atoms with E-state index in [1.807, 2.05) is 80.6 Å². The summed E-state index contributed by atoms with van der Waals surface area (Å²) in [5.74, 6) is -0.588. The minimum atomic E-state index is -0.807. The van der Waals surface area contributed by atoms with Crippen molar-refractivity contribution in [2.75, 3.05) is 12.4 Å². The summed E-state index contributed by atoms with van der Waals surface area (Å²) in [4.78, 5) is 11.8. The number of carboxylic acid groups (broad SMARTS) is 1. The van der Waals surface area contributed by atoms with Gasteiger partial charge in [0.15, 0.2) is 0 Å². The molecule has 0 bridgehead atoms. The standard InChI is InChI=1S/C21H25NO3/c1-15(2)20(21(23)24)19(14-9-16-7-5-4-6-8-16)22-17-10-12-18(25-3)13-11-17/h4-15,19-20,22H,1-3H3,(H,23,24)/b14-9+/t19-,20+/m0/s1. The van der Waals surface area contributed by atoms with Crippen LogP contribution in [0.2, 0.25) is 0 Å². The van der Waals surface area contributed by atoms with Gasteiger partial charge in [0.2, 0.25) is 0 Å². The van der Waals surface area contributed by atoms with E-state index in [1.165, 1.54) is 0 Å². The first-order valence-electron chi connectivity index (χ1n) is 8.38. The van der Waals surface area contributed by atoms with Crippen molar-refractivity contribution in [2.45, 2.75) is 19.9 Å². The second kappa shape index (κ2) is 8.92. The summed E-state index contributed by atoms with van der Waals surface area (Å²) in [6, 6.07) is 17.0. The van der Waals surface area contributed by atoms with E-state index in [2.05, 4.69) is 5.32 Å². The number of aliphatic carboxylic acids is 1. The van der Waals surface area contributed by atoms with E-state index in [1.54, 1.807) is 7.11 Å². The zero-order chi connectivity index (χ0) is 18.2. The topological polar surface area (TPSA) is 58.6 Å². The Morgan fingerprint density at radius 1 is 1.08 bits per heavy atom. The molecule has 0 unspecified atom stereocenters. The van der Waals surface area contributed by atoms with E-state index >= 15 is 0 Å². The molecule has 2 atom stereocenters. The number of methoxy groups -OCH3 is 1. The molecule has 132 valence electrons. The van der Waals surface area contributed by atoms with Crippen LogP contribution in [-0.2, 0) is 4.79 Å². The summed E-state index contributed by atoms with van der Waals surface area (Å²) in [5.41, 5.74) is 1.90. The van der Waals surface area contributed by atoms with E-state index in [4.69, 9.17) is 4.74 Å². The average Bonchev–Trinajstić information content (AvgIpc) is 2.60. The number of anilines is 1. The van der Waals surface area contributed by atoms with Crippen molar-refractivity contribution in [1.29, 1.82) is 0 Å². The molecule has 2 aromatic rings. The van der Waals surface area contributed by atoms with E-state index < -0.39 is 11.9 Å². The molecule has 0 saturated carbocycles.